The Morgan fingerprint density at radius 1 is 1.05 bits per heavy atom. The van der Waals surface area contributed by atoms with Gasteiger partial charge >= 0.3 is 16.4 Å². The van der Waals surface area contributed by atoms with Crippen molar-refractivity contribution in [3.63, 3.8) is 0 Å². The Bertz CT molecular complexity index is 337. The lowest BCUT2D eigenvalue weighted by atomic mass is 10.2. The van der Waals surface area contributed by atoms with Crippen LogP contribution >= 0.6 is 15.9 Å². The molecular formula is C13H22BrNO6. The van der Waals surface area contributed by atoms with E-state index in [1.807, 2.05) is 13.8 Å². The molecule has 0 saturated heterocycles. The molecule has 0 aliphatic rings. The van der Waals surface area contributed by atoms with Crippen LogP contribution in [0, 0.1) is 10.1 Å². The lowest BCUT2D eigenvalue weighted by molar-refractivity contribution is -0.541. The predicted molar refractivity (Wildman–Crippen MR) is 79.6 cm³/mol. The van der Waals surface area contributed by atoms with Gasteiger partial charge in [-0.2, -0.15) is 0 Å². The predicted octanol–water partition coefficient (Wildman–Crippen LogP) is 2.82. The molecule has 0 atom stereocenters. The molecule has 21 heavy (non-hydrogen) atoms. The van der Waals surface area contributed by atoms with Crippen LogP contribution in [-0.4, -0.2) is 34.5 Å². The minimum atomic E-state index is -1.79. The zero-order valence-electron chi connectivity index (χ0n) is 12.4. The second kappa shape index (κ2) is 10.5. The third-order valence-electron chi connectivity index (χ3n) is 2.70. The average Bonchev–Trinajstić information content (AvgIpc) is 2.46. The lowest BCUT2D eigenvalue weighted by Gasteiger charge is -2.18. The number of esters is 2. The van der Waals surface area contributed by atoms with Gasteiger partial charge in [0.2, 0.25) is 0 Å². The number of alkyl halides is 1. The van der Waals surface area contributed by atoms with Crippen LogP contribution in [0.1, 0.15) is 52.4 Å². The van der Waals surface area contributed by atoms with Gasteiger partial charge in [-0.3, -0.25) is 19.7 Å². The van der Waals surface area contributed by atoms with E-state index >= 15 is 0 Å². The lowest BCUT2D eigenvalue weighted by Crippen LogP contribution is -2.42. The third-order valence-corrected chi connectivity index (χ3v) is 3.45. The second-order valence-electron chi connectivity index (χ2n) is 4.70. The molecule has 0 spiro atoms. The molecule has 0 radical (unpaired) electrons. The maximum Gasteiger partial charge on any atom is 0.341 e. The number of halogens is 1. The minimum absolute atomic E-state index is 0.216. The summed E-state index contributed by atoms with van der Waals surface area (Å²) >= 11 is 2.89. The number of ether oxygens (including phenoxy) is 2. The molecule has 0 aromatic carbocycles. The summed E-state index contributed by atoms with van der Waals surface area (Å²) in [5.74, 6) is -1.00. The molecule has 0 rings (SSSR count). The van der Waals surface area contributed by atoms with Crippen molar-refractivity contribution >= 4 is 27.9 Å². The Kier molecular flexibility index (Phi) is 9.94. The molecule has 8 heteroatoms. The molecule has 0 aliphatic carbocycles. The van der Waals surface area contributed by atoms with Gasteiger partial charge in [-0.25, -0.2) is 0 Å². The summed E-state index contributed by atoms with van der Waals surface area (Å²) in [7, 11) is 0. The van der Waals surface area contributed by atoms with Crippen LogP contribution in [0.5, 0.6) is 0 Å². The van der Waals surface area contributed by atoms with Crippen molar-refractivity contribution < 1.29 is 24.0 Å². The second-order valence-corrected chi connectivity index (χ2v) is 6.18. The largest absolute Gasteiger partial charge is 0.457 e. The first-order valence-corrected chi connectivity index (χ1v) is 7.79. The summed E-state index contributed by atoms with van der Waals surface area (Å²) in [6, 6.07) is 0. The van der Waals surface area contributed by atoms with Gasteiger partial charge in [0.25, 0.3) is 0 Å². The first-order valence-electron chi connectivity index (χ1n) is 7.00. The third kappa shape index (κ3) is 8.64. The number of rotatable bonds is 11. The first kappa shape index (κ1) is 19.8. The van der Waals surface area contributed by atoms with Gasteiger partial charge in [-0.1, -0.05) is 26.7 Å². The van der Waals surface area contributed by atoms with Crippen molar-refractivity contribution in [1.82, 2.24) is 0 Å². The quantitative estimate of drug-likeness (QED) is 0.183. The highest BCUT2D eigenvalue weighted by molar-refractivity contribution is 9.10. The molecule has 122 valence electrons. The molecule has 0 amide bonds. The van der Waals surface area contributed by atoms with Crippen molar-refractivity contribution in [3.8, 4) is 0 Å². The molecule has 0 heterocycles. The maximum absolute atomic E-state index is 11.4. The van der Waals surface area contributed by atoms with Gasteiger partial charge in [0.05, 0.1) is 0 Å². The van der Waals surface area contributed by atoms with Crippen LogP contribution < -0.4 is 0 Å². The van der Waals surface area contributed by atoms with Crippen molar-refractivity contribution in [1.29, 1.82) is 0 Å². The van der Waals surface area contributed by atoms with Crippen LogP contribution in [0.2, 0.25) is 0 Å². The zero-order chi connectivity index (χ0) is 16.3. The van der Waals surface area contributed by atoms with Crippen molar-refractivity contribution in [2.75, 3.05) is 13.2 Å². The topological polar surface area (TPSA) is 95.7 Å². The summed E-state index contributed by atoms with van der Waals surface area (Å²) in [6.07, 6.45) is 3.43. The van der Waals surface area contributed by atoms with Crippen LogP contribution in [0.3, 0.4) is 0 Å². The zero-order valence-corrected chi connectivity index (χ0v) is 14.0. The number of nitrogens with zero attached hydrogens (tertiary/aromatic N) is 1. The molecule has 0 aromatic heterocycles. The number of nitro groups is 1. The molecular weight excluding hydrogens is 346 g/mol. The SMILES string of the molecule is CCCCC(=O)OCC(Br)(COC(=O)CCCC)[N+](=O)[O-]. The Hall–Kier alpha value is -1.18. The van der Waals surface area contributed by atoms with Gasteiger partial charge in [-0.05, 0) is 12.8 Å². The van der Waals surface area contributed by atoms with Crippen molar-refractivity contribution in [2.24, 2.45) is 0 Å². The van der Waals surface area contributed by atoms with E-state index in [2.05, 4.69) is 15.9 Å². The van der Waals surface area contributed by atoms with E-state index in [0.29, 0.717) is 12.8 Å². The van der Waals surface area contributed by atoms with E-state index < -0.39 is 34.5 Å². The Labute approximate surface area is 132 Å². The highest BCUT2D eigenvalue weighted by atomic mass is 79.9. The van der Waals surface area contributed by atoms with Crippen LogP contribution in [-0.2, 0) is 19.1 Å². The highest BCUT2D eigenvalue weighted by Crippen LogP contribution is 2.21. The number of hydrogen-bond donors (Lipinski definition) is 0. The molecule has 0 unspecified atom stereocenters. The van der Waals surface area contributed by atoms with E-state index in [0.717, 1.165) is 12.8 Å². The average molecular weight is 368 g/mol. The highest BCUT2D eigenvalue weighted by Gasteiger charge is 2.43. The van der Waals surface area contributed by atoms with Crippen molar-refractivity contribution in [2.45, 2.75) is 56.8 Å². The van der Waals surface area contributed by atoms with Gasteiger partial charge in [-0.15, -0.1) is 0 Å². The molecule has 0 aliphatic heterocycles. The van der Waals surface area contributed by atoms with E-state index in [4.69, 9.17) is 9.47 Å². The van der Waals surface area contributed by atoms with E-state index in [1.165, 1.54) is 0 Å². The molecule has 0 saturated carbocycles. The normalized spacial score (nSPS) is 11.0. The van der Waals surface area contributed by atoms with Crippen molar-refractivity contribution in [3.05, 3.63) is 10.1 Å². The molecule has 0 N–H and O–H groups in total. The summed E-state index contributed by atoms with van der Waals surface area (Å²) < 4.78 is 7.94. The minimum Gasteiger partial charge on any atom is -0.457 e. The molecule has 0 bridgehead atoms. The van der Waals surface area contributed by atoms with Gasteiger partial charge in [0.15, 0.2) is 13.2 Å². The standard InChI is InChI=1S/C13H22BrNO6/c1-3-5-7-11(16)20-9-13(14,15(18)19)10-21-12(17)8-6-4-2/h3-10H2,1-2H3. The number of unbranched alkanes of at least 4 members (excludes halogenated alkanes) is 2. The fourth-order valence-corrected chi connectivity index (χ4v) is 1.54. The molecule has 0 fully saturated rings. The maximum atomic E-state index is 11.4. The Morgan fingerprint density at radius 2 is 1.43 bits per heavy atom. The smallest absolute Gasteiger partial charge is 0.341 e. The molecule has 7 nitrogen and oxygen atoms in total. The first-order chi connectivity index (χ1) is 9.85. The fourth-order valence-electron chi connectivity index (χ4n) is 1.32. The van der Waals surface area contributed by atoms with Crippen LogP contribution in [0.4, 0.5) is 0 Å². The summed E-state index contributed by atoms with van der Waals surface area (Å²) in [5.41, 5.74) is 0. The Balaban J connectivity index is 4.32. The van der Waals surface area contributed by atoms with E-state index in [-0.39, 0.29) is 12.8 Å². The summed E-state index contributed by atoms with van der Waals surface area (Å²) in [4.78, 5) is 33.1. The number of carbonyl (C=O) groups excluding carboxylic acids is 2. The van der Waals surface area contributed by atoms with Gasteiger partial charge < -0.3 is 9.47 Å². The fraction of sp³-hybridized carbons (Fsp3) is 0.846. The molecule has 0 aromatic rings. The van der Waals surface area contributed by atoms with Crippen LogP contribution in [0.15, 0.2) is 0 Å². The Morgan fingerprint density at radius 3 is 1.71 bits per heavy atom. The van der Waals surface area contributed by atoms with Gasteiger partial charge in [0.1, 0.15) is 0 Å². The number of hydrogen-bond acceptors (Lipinski definition) is 6. The monoisotopic (exact) mass is 367 g/mol. The van der Waals surface area contributed by atoms with E-state index in [9.17, 15) is 19.7 Å². The van der Waals surface area contributed by atoms with E-state index in [1.54, 1.807) is 0 Å². The summed E-state index contributed by atoms with van der Waals surface area (Å²) in [6.45, 7) is 2.89. The van der Waals surface area contributed by atoms with Gasteiger partial charge in [0, 0.05) is 33.7 Å². The summed E-state index contributed by atoms with van der Waals surface area (Å²) in [5, 5.41) is 11.1. The number of carbonyl (C=O) groups is 2. The van der Waals surface area contributed by atoms with Crippen LogP contribution in [0.25, 0.3) is 0 Å².